The van der Waals surface area contributed by atoms with Crippen LogP contribution in [0.3, 0.4) is 0 Å². The summed E-state index contributed by atoms with van der Waals surface area (Å²) in [7, 11) is 1.96. The maximum atomic E-state index is 6.46. The van der Waals surface area contributed by atoms with Crippen molar-refractivity contribution in [3.8, 4) is 0 Å². The molecule has 0 spiro atoms. The van der Waals surface area contributed by atoms with Gasteiger partial charge in [0.1, 0.15) is 0 Å². The van der Waals surface area contributed by atoms with E-state index in [1.807, 2.05) is 13.1 Å². The zero-order chi connectivity index (χ0) is 14.5. The predicted molar refractivity (Wildman–Crippen MR) is 87.4 cm³/mol. The van der Waals surface area contributed by atoms with Gasteiger partial charge in [-0.25, -0.2) is 0 Å². The summed E-state index contributed by atoms with van der Waals surface area (Å²) in [6.45, 7) is 5.86. The third kappa shape index (κ3) is 3.74. The van der Waals surface area contributed by atoms with Crippen molar-refractivity contribution >= 4 is 27.5 Å². The van der Waals surface area contributed by atoms with Crippen LogP contribution in [0.4, 0.5) is 0 Å². The minimum absolute atomic E-state index is 0.138. The van der Waals surface area contributed by atoms with Crippen LogP contribution in [0.15, 0.2) is 22.7 Å². The van der Waals surface area contributed by atoms with Crippen LogP contribution in [-0.4, -0.2) is 44.3 Å². The van der Waals surface area contributed by atoms with E-state index in [1.54, 1.807) is 0 Å². The Bertz CT molecular complexity index is 426. The summed E-state index contributed by atoms with van der Waals surface area (Å²) in [5, 5.41) is 4.03. The van der Waals surface area contributed by atoms with Crippen molar-refractivity contribution in [3.05, 3.63) is 33.3 Å². The van der Waals surface area contributed by atoms with E-state index in [0.29, 0.717) is 0 Å². The van der Waals surface area contributed by atoms with E-state index in [9.17, 15) is 0 Å². The highest BCUT2D eigenvalue weighted by Crippen LogP contribution is 2.35. The molecule has 5 heteroatoms. The van der Waals surface area contributed by atoms with Crippen molar-refractivity contribution in [1.29, 1.82) is 0 Å². The lowest BCUT2D eigenvalue weighted by Gasteiger charge is -2.41. The Morgan fingerprint density at radius 1 is 1.50 bits per heavy atom. The molecule has 1 aliphatic rings. The molecule has 0 bridgehead atoms. The van der Waals surface area contributed by atoms with Crippen LogP contribution in [0.5, 0.6) is 0 Å². The first kappa shape index (κ1) is 16.2. The summed E-state index contributed by atoms with van der Waals surface area (Å²) in [6.07, 6.45) is 1.27. The van der Waals surface area contributed by atoms with Gasteiger partial charge in [0.15, 0.2) is 0 Å². The second kappa shape index (κ2) is 7.76. The second-order valence-electron chi connectivity index (χ2n) is 5.11. The Balaban J connectivity index is 2.32. The molecule has 1 fully saturated rings. The first-order valence-corrected chi connectivity index (χ1v) is 8.29. The number of morpholine rings is 1. The minimum atomic E-state index is 0.138. The fraction of sp³-hybridized carbons (Fsp3) is 0.600. The standard InChI is InChI=1S/C15H22BrClN2O/c1-3-6-19-7-8-20-14(10-18-2)15(19)12-5-4-11(16)9-13(12)17/h4-5,9,14-15,18H,3,6-8,10H2,1-2H3. The van der Waals surface area contributed by atoms with Gasteiger partial charge in [-0.1, -0.05) is 40.5 Å². The van der Waals surface area contributed by atoms with Gasteiger partial charge >= 0.3 is 0 Å². The van der Waals surface area contributed by atoms with E-state index in [4.69, 9.17) is 16.3 Å². The van der Waals surface area contributed by atoms with Crippen LogP contribution in [0.1, 0.15) is 24.9 Å². The predicted octanol–water partition coefficient (Wildman–Crippen LogP) is 3.47. The van der Waals surface area contributed by atoms with E-state index in [-0.39, 0.29) is 12.1 Å². The van der Waals surface area contributed by atoms with Gasteiger partial charge in [-0.2, -0.15) is 0 Å². The highest BCUT2D eigenvalue weighted by Gasteiger charge is 2.33. The third-order valence-electron chi connectivity index (χ3n) is 3.65. The number of likely N-dealkylation sites (N-methyl/N-ethyl adjacent to an activating group) is 1. The number of ether oxygens (including phenoxy) is 1. The van der Waals surface area contributed by atoms with E-state index < -0.39 is 0 Å². The molecule has 1 aromatic rings. The SMILES string of the molecule is CCCN1CCOC(CNC)C1c1ccc(Br)cc1Cl. The normalized spacial score (nSPS) is 24.0. The van der Waals surface area contributed by atoms with Crippen LogP contribution >= 0.6 is 27.5 Å². The monoisotopic (exact) mass is 360 g/mol. The zero-order valence-corrected chi connectivity index (χ0v) is 14.4. The first-order chi connectivity index (χ1) is 9.67. The average molecular weight is 362 g/mol. The molecule has 0 amide bonds. The zero-order valence-electron chi connectivity index (χ0n) is 12.0. The van der Waals surface area contributed by atoms with Gasteiger partial charge in [0.2, 0.25) is 0 Å². The van der Waals surface area contributed by atoms with E-state index in [0.717, 1.165) is 47.7 Å². The number of rotatable bonds is 5. The van der Waals surface area contributed by atoms with Gasteiger partial charge in [-0.05, 0) is 37.7 Å². The summed E-state index contributed by atoms with van der Waals surface area (Å²) in [5.41, 5.74) is 1.16. The van der Waals surface area contributed by atoms with E-state index in [1.165, 1.54) is 0 Å². The number of nitrogens with zero attached hydrogens (tertiary/aromatic N) is 1. The molecule has 0 aromatic heterocycles. The molecule has 3 nitrogen and oxygen atoms in total. The maximum Gasteiger partial charge on any atom is 0.0896 e. The number of hydrogen-bond donors (Lipinski definition) is 1. The summed E-state index contributed by atoms with van der Waals surface area (Å²) < 4.78 is 6.98. The average Bonchev–Trinajstić information content (AvgIpc) is 2.41. The summed E-state index contributed by atoms with van der Waals surface area (Å²) in [6, 6.07) is 6.34. The van der Waals surface area contributed by atoms with Crippen LogP contribution in [0.2, 0.25) is 5.02 Å². The van der Waals surface area contributed by atoms with Crippen LogP contribution in [0.25, 0.3) is 0 Å². The maximum absolute atomic E-state index is 6.46. The molecule has 1 aromatic carbocycles. The van der Waals surface area contributed by atoms with Crippen molar-refractivity contribution < 1.29 is 4.74 Å². The second-order valence-corrected chi connectivity index (χ2v) is 6.44. The number of nitrogens with one attached hydrogen (secondary N) is 1. The van der Waals surface area contributed by atoms with Crippen LogP contribution in [0, 0.1) is 0 Å². The van der Waals surface area contributed by atoms with Crippen molar-refractivity contribution in [2.45, 2.75) is 25.5 Å². The highest BCUT2D eigenvalue weighted by atomic mass is 79.9. The van der Waals surface area contributed by atoms with Gasteiger partial charge in [0, 0.05) is 22.6 Å². The lowest BCUT2D eigenvalue weighted by atomic mass is 9.97. The molecule has 2 atom stereocenters. The highest BCUT2D eigenvalue weighted by molar-refractivity contribution is 9.10. The van der Waals surface area contributed by atoms with Gasteiger partial charge < -0.3 is 10.1 Å². The fourth-order valence-electron chi connectivity index (χ4n) is 2.83. The van der Waals surface area contributed by atoms with Gasteiger partial charge in [0.05, 0.1) is 18.8 Å². The van der Waals surface area contributed by atoms with Crippen LogP contribution in [-0.2, 0) is 4.74 Å². The lowest BCUT2D eigenvalue weighted by Crippen LogP contribution is -2.49. The van der Waals surface area contributed by atoms with Crippen molar-refractivity contribution in [3.63, 3.8) is 0 Å². The van der Waals surface area contributed by atoms with Gasteiger partial charge in [0.25, 0.3) is 0 Å². The Morgan fingerprint density at radius 3 is 2.95 bits per heavy atom. The Hall–Kier alpha value is -0.130. The molecule has 20 heavy (non-hydrogen) atoms. The number of hydrogen-bond acceptors (Lipinski definition) is 3. The molecule has 1 heterocycles. The molecular formula is C15H22BrClN2O. The molecular weight excluding hydrogens is 340 g/mol. The molecule has 0 radical (unpaired) electrons. The summed E-state index contributed by atoms with van der Waals surface area (Å²) >= 11 is 9.93. The molecule has 112 valence electrons. The Kier molecular flexibility index (Phi) is 6.30. The first-order valence-electron chi connectivity index (χ1n) is 7.12. The largest absolute Gasteiger partial charge is 0.374 e. The Morgan fingerprint density at radius 2 is 2.30 bits per heavy atom. The van der Waals surface area contributed by atoms with Crippen molar-refractivity contribution in [2.75, 3.05) is 33.3 Å². The molecule has 0 saturated carbocycles. The summed E-state index contributed by atoms with van der Waals surface area (Å²) in [4.78, 5) is 2.49. The topological polar surface area (TPSA) is 24.5 Å². The quantitative estimate of drug-likeness (QED) is 0.869. The van der Waals surface area contributed by atoms with E-state index >= 15 is 0 Å². The number of benzene rings is 1. The molecule has 1 N–H and O–H groups in total. The lowest BCUT2D eigenvalue weighted by molar-refractivity contribution is -0.0704. The van der Waals surface area contributed by atoms with Crippen molar-refractivity contribution in [1.82, 2.24) is 10.2 Å². The van der Waals surface area contributed by atoms with Crippen molar-refractivity contribution in [2.24, 2.45) is 0 Å². The van der Waals surface area contributed by atoms with Gasteiger partial charge in [-0.3, -0.25) is 4.90 Å². The molecule has 2 rings (SSSR count). The molecule has 1 saturated heterocycles. The molecule has 2 unspecified atom stereocenters. The summed E-state index contributed by atoms with van der Waals surface area (Å²) in [5.74, 6) is 0. The minimum Gasteiger partial charge on any atom is -0.374 e. The van der Waals surface area contributed by atoms with Gasteiger partial charge in [-0.15, -0.1) is 0 Å². The van der Waals surface area contributed by atoms with Crippen LogP contribution < -0.4 is 5.32 Å². The molecule has 1 aliphatic heterocycles. The smallest absolute Gasteiger partial charge is 0.0896 e. The Labute approximate surface area is 134 Å². The van der Waals surface area contributed by atoms with E-state index in [2.05, 4.69) is 45.2 Å². The molecule has 0 aliphatic carbocycles. The fourth-order valence-corrected chi connectivity index (χ4v) is 3.62. The number of halogens is 2. The third-order valence-corrected chi connectivity index (χ3v) is 4.47.